The number of ether oxygens (including phenoxy) is 1. The number of carbonyl (C=O) groups is 1. The number of aliphatic hydroxyl groups excluding tert-OH is 1. The van der Waals surface area contributed by atoms with Gasteiger partial charge in [0.2, 0.25) is 0 Å². The minimum absolute atomic E-state index is 0.229. The molecule has 1 aromatic heterocycles. The number of hydrogen-bond acceptors (Lipinski definition) is 4. The molecule has 2 heterocycles. The van der Waals surface area contributed by atoms with Crippen molar-refractivity contribution < 1.29 is 19.1 Å². The fourth-order valence-corrected chi connectivity index (χ4v) is 2.55. The van der Waals surface area contributed by atoms with Crippen LogP contribution >= 0.6 is 0 Å². The number of amides is 1. The number of hydrogen-bond donors (Lipinski definition) is 2. The highest BCUT2D eigenvalue weighted by atomic mass is 16.5. The van der Waals surface area contributed by atoms with Crippen LogP contribution in [0.5, 0.6) is 0 Å². The zero-order valence-electron chi connectivity index (χ0n) is 11.5. The topological polar surface area (TPSA) is 71.7 Å². The summed E-state index contributed by atoms with van der Waals surface area (Å²) >= 11 is 0. The maximum absolute atomic E-state index is 12.4. The van der Waals surface area contributed by atoms with E-state index in [9.17, 15) is 9.90 Å². The monoisotopic (exact) mass is 287 g/mol. The van der Waals surface area contributed by atoms with Crippen molar-refractivity contribution in [1.82, 2.24) is 5.32 Å². The second kappa shape index (κ2) is 6.11. The molecule has 0 aliphatic carbocycles. The van der Waals surface area contributed by atoms with Crippen LogP contribution in [0.2, 0.25) is 0 Å². The third-order valence-electron chi connectivity index (χ3n) is 3.62. The van der Waals surface area contributed by atoms with Crippen molar-refractivity contribution in [3.8, 4) is 0 Å². The quantitative estimate of drug-likeness (QED) is 0.898. The first-order valence-electron chi connectivity index (χ1n) is 6.93. The molecule has 2 N–H and O–H groups in total. The van der Waals surface area contributed by atoms with Crippen LogP contribution in [0.25, 0.3) is 0 Å². The van der Waals surface area contributed by atoms with E-state index in [0.717, 1.165) is 17.5 Å². The lowest BCUT2D eigenvalue weighted by atomic mass is 9.97. The van der Waals surface area contributed by atoms with E-state index in [1.165, 1.54) is 6.26 Å². The number of carbonyl (C=O) groups excluding carboxylic acids is 1. The molecular formula is C16H17NO4. The number of aliphatic hydroxyl groups is 1. The second-order valence-corrected chi connectivity index (χ2v) is 4.96. The van der Waals surface area contributed by atoms with E-state index in [-0.39, 0.29) is 12.5 Å². The van der Waals surface area contributed by atoms with Crippen LogP contribution in [0, 0.1) is 0 Å². The minimum Gasteiger partial charge on any atom is -0.467 e. The van der Waals surface area contributed by atoms with E-state index in [4.69, 9.17) is 9.15 Å². The molecule has 2 atom stereocenters. The molecule has 1 aliphatic rings. The van der Waals surface area contributed by atoms with Crippen molar-refractivity contribution in [2.45, 2.75) is 18.6 Å². The molecule has 3 rings (SSSR count). The summed E-state index contributed by atoms with van der Waals surface area (Å²) in [4.78, 5) is 12.4. The highest BCUT2D eigenvalue weighted by molar-refractivity contribution is 5.83. The molecule has 1 amide bonds. The first-order chi connectivity index (χ1) is 10.3. The zero-order valence-corrected chi connectivity index (χ0v) is 11.5. The lowest BCUT2D eigenvalue weighted by Crippen LogP contribution is -2.37. The maximum atomic E-state index is 12.4. The highest BCUT2D eigenvalue weighted by Gasteiger charge is 2.29. The van der Waals surface area contributed by atoms with Gasteiger partial charge in [0, 0.05) is 0 Å². The number of rotatable bonds is 4. The molecule has 0 saturated carbocycles. The van der Waals surface area contributed by atoms with Crippen LogP contribution in [-0.4, -0.2) is 24.2 Å². The van der Waals surface area contributed by atoms with Gasteiger partial charge in [-0.2, -0.15) is 0 Å². The van der Waals surface area contributed by atoms with Gasteiger partial charge in [0.05, 0.1) is 19.5 Å². The van der Waals surface area contributed by atoms with Crippen LogP contribution in [0.15, 0.2) is 47.1 Å². The number of furan rings is 1. The van der Waals surface area contributed by atoms with E-state index in [0.29, 0.717) is 12.4 Å². The van der Waals surface area contributed by atoms with Crippen LogP contribution in [-0.2, 0) is 16.0 Å². The van der Waals surface area contributed by atoms with E-state index < -0.39 is 12.1 Å². The third-order valence-corrected chi connectivity index (χ3v) is 3.62. The standard InChI is InChI=1S/C16H17NO4/c18-10-13(14-6-3-8-20-14)17-16(19)15-12-5-2-1-4-11(12)7-9-21-15/h1-6,8,13,15,18H,7,9-10H2,(H,17,19). The van der Waals surface area contributed by atoms with Crippen molar-refractivity contribution >= 4 is 5.91 Å². The van der Waals surface area contributed by atoms with Crippen molar-refractivity contribution in [2.24, 2.45) is 0 Å². The van der Waals surface area contributed by atoms with Gasteiger partial charge in [-0.15, -0.1) is 0 Å². The molecule has 0 fully saturated rings. The molecule has 5 nitrogen and oxygen atoms in total. The van der Waals surface area contributed by atoms with E-state index in [1.54, 1.807) is 12.1 Å². The summed E-state index contributed by atoms with van der Waals surface area (Å²) in [5, 5.41) is 12.2. The van der Waals surface area contributed by atoms with Crippen LogP contribution in [0.3, 0.4) is 0 Å². The first kappa shape index (κ1) is 13.9. The van der Waals surface area contributed by atoms with Gasteiger partial charge in [-0.1, -0.05) is 24.3 Å². The second-order valence-electron chi connectivity index (χ2n) is 4.96. The Morgan fingerprint density at radius 3 is 2.95 bits per heavy atom. The van der Waals surface area contributed by atoms with Gasteiger partial charge in [-0.3, -0.25) is 4.79 Å². The van der Waals surface area contributed by atoms with E-state index >= 15 is 0 Å². The third kappa shape index (κ3) is 2.84. The summed E-state index contributed by atoms with van der Waals surface area (Å²) in [5.41, 5.74) is 2.01. The highest BCUT2D eigenvalue weighted by Crippen LogP contribution is 2.27. The Labute approximate surface area is 122 Å². The maximum Gasteiger partial charge on any atom is 0.254 e. The summed E-state index contributed by atoms with van der Waals surface area (Å²) in [6, 6.07) is 10.6. The molecule has 0 spiro atoms. The normalized spacial score (nSPS) is 18.8. The van der Waals surface area contributed by atoms with Gasteiger partial charge in [0.15, 0.2) is 6.10 Å². The minimum atomic E-state index is -0.640. The fraction of sp³-hybridized carbons (Fsp3) is 0.312. The van der Waals surface area contributed by atoms with Gasteiger partial charge in [0.25, 0.3) is 5.91 Å². The molecule has 0 bridgehead atoms. The van der Waals surface area contributed by atoms with Gasteiger partial charge in [0.1, 0.15) is 11.8 Å². The van der Waals surface area contributed by atoms with Gasteiger partial charge in [-0.25, -0.2) is 0 Å². The molecule has 2 aromatic rings. The van der Waals surface area contributed by atoms with Gasteiger partial charge >= 0.3 is 0 Å². The lowest BCUT2D eigenvalue weighted by molar-refractivity contribution is -0.135. The fourth-order valence-electron chi connectivity index (χ4n) is 2.55. The molecule has 5 heteroatoms. The molecule has 110 valence electrons. The van der Waals surface area contributed by atoms with Gasteiger partial charge in [-0.05, 0) is 29.7 Å². The molecule has 21 heavy (non-hydrogen) atoms. The summed E-state index contributed by atoms with van der Waals surface area (Å²) in [6.07, 6.45) is 1.68. The first-order valence-corrected chi connectivity index (χ1v) is 6.93. The molecule has 1 aromatic carbocycles. The number of benzene rings is 1. The summed E-state index contributed by atoms with van der Waals surface area (Å²) < 4.78 is 10.8. The smallest absolute Gasteiger partial charge is 0.254 e. The lowest BCUT2D eigenvalue weighted by Gasteiger charge is -2.26. The Morgan fingerprint density at radius 1 is 1.33 bits per heavy atom. The van der Waals surface area contributed by atoms with Crippen molar-refractivity contribution in [3.05, 3.63) is 59.5 Å². The summed E-state index contributed by atoms with van der Waals surface area (Å²) in [6.45, 7) is 0.285. The molecule has 0 radical (unpaired) electrons. The van der Waals surface area contributed by atoms with Crippen molar-refractivity contribution in [1.29, 1.82) is 0 Å². The Morgan fingerprint density at radius 2 is 2.19 bits per heavy atom. The van der Waals surface area contributed by atoms with Crippen LogP contribution in [0.4, 0.5) is 0 Å². The molecular weight excluding hydrogens is 270 g/mol. The predicted molar refractivity (Wildman–Crippen MR) is 75.5 cm³/mol. The van der Waals surface area contributed by atoms with Gasteiger partial charge < -0.3 is 19.6 Å². The largest absolute Gasteiger partial charge is 0.467 e. The Kier molecular flexibility index (Phi) is 4.03. The Hall–Kier alpha value is -2.11. The van der Waals surface area contributed by atoms with E-state index in [1.807, 2.05) is 24.3 Å². The Balaban J connectivity index is 1.77. The van der Waals surface area contributed by atoms with Crippen molar-refractivity contribution in [2.75, 3.05) is 13.2 Å². The average molecular weight is 287 g/mol. The summed E-state index contributed by atoms with van der Waals surface area (Å²) in [7, 11) is 0. The summed E-state index contributed by atoms with van der Waals surface area (Å²) in [5.74, 6) is 0.257. The zero-order chi connectivity index (χ0) is 14.7. The van der Waals surface area contributed by atoms with E-state index in [2.05, 4.69) is 5.32 Å². The SMILES string of the molecule is O=C(NC(CO)c1ccco1)C1OCCc2ccccc21. The molecule has 0 saturated heterocycles. The van der Waals surface area contributed by atoms with Crippen molar-refractivity contribution in [3.63, 3.8) is 0 Å². The Bertz CT molecular complexity index is 608. The average Bonchev–Trinajstić information content (AvgIpc) is 3.06. The van der Waals surface area contributed by atoms with Crippen LogP contribution < -0.4 is 5.32 Å². The molecule has 1 aliphatic heterocycles. The number of fused-ring (bicyclic) bond motifs is 1. The predicted octanol–water partition coefficient (Wildman–Crippen LogP) is 1.74. The molecule has 2 unspecified atom stereocenters. The number of nitrogens with one attached hydrogen (secondary N) is 1. The van der Waals surface area contributed by atoms with Crippen LogP contribution in [0.1, 0.15) is 29.0 Å².